The molecule has 0 aliphatic heterocycles. The Kier molecular flexibility index (Phi) is 8.14. The fourth-order valence-electron chi connectivity index (χ4n) is 1.43. The second-order valence-corrected chi connectivity index (χ2v) is 3.97. The Morgan fingerprint density at radius 3 is 2.64 bits per heavy atom. The lowest BCUT2D eigenvalue weighted by molar-refractivity contribution is 0.0493. The van der Waals surface area contributed by atoms with E-state index in [1.165, 1.54) is 0 Å². The van der Waals surface area contributed by atoms with Gasteiger partial charge in [-0.15, -0.1) is 0 Å². The lowest BCUT2D eigenvalue weighted by Gasteiger charge is -2.22. The lowest BCUT2D eigenvalue weighted by atomic mass is 10.0. The average Bonchev–Trinajstić information content (AvgIpc) is 2.11. The van der Waals surface area contributed by atoms with Crippen molar-refractivity contribution in [3.8, 4) is 0 Å². The Balaban J connectivity index is 3.26. The molecule has 0 aromatic heterocycles. The Morgan fingerprint density at radius 1 is 1.36 bits per heavy atom. The number of hydrogen-bond donors (Lipinski definition) is 2. The molecule has 0 amide bonds. The summed E-state index contributed by atoms with van der Waals surface area (Å²) in [5.74, 6) is 0. The van der Waals surface area contributed by atoms with E-state index in [0.717, 1.165) is 39.0 Å². The highest BCUT2D eigenvalue weighted by molar-refractivity contribution is 4.74. The number of ether oxygens (including phenoxy) is 1. The molecule has 0 rings (SSSR count). The van der Waals surface area contributed by atoms with E-state index < -0.39 is 5.60 Å². The Hall–Kier alpha value is -0.120. The first-order valence-corrected chi connectivity index (χ1v) is 5.63. The molecule has 86 valence electrons. The molecule has 0 aromatic carbocycles. The predicted molar refractivity (Wildman–Crippen MR) is 59.5 cm³/mol. The van der Waals surface area contributed by atoms with Crippen molar-refractivity contribution >= 4 is 0 Å². The van der Waals surface area contributed by atoms with Crippen molar-refractivity contribution in [1.82, 2.24) is 5.32 Å². The van der Waals surface area contributed by atoms with E-state index in [4.69, 9.17) is 4.74 Å². The molecule has 0 aliphatic rings. The SMILES string of the molecule is CCCC(C)(O)CNCCCOCC. The summed E-state index contributed by atoms with van der Waals surface area (Å²) >= 11 is 0. The van der Waals surface area contributed by atoms with Crippen LogP contribution in [0.3, 0.4) is 0 Å². The van der Waals surface area contributed by atoms with E-state index in [1.54, 1.807) is 0 Å². The molecule has 0 saturated carbocycles. The van der Waals surface area contributed by atoms with E-state index in [0.29, 0.717) is 6.54 Å². The van der Waals surface area contributed by atoms with Gasteiger partial charge in [-0.25, -0.2) is 0 Å². The quantitative estimate of drug-likeness (QED) is 0.559. The first kappa shape index (κ1) is 13.9. The molecule has 0 saturated heterocycles. The summed E-state index contributed by atoms with van der Waals surface area (Å²) in [5.41, 5.74) is -0.555. The second-order valence-electron chi connectivity index (χ2n) is 3.97. The van der Waals surface area contributed by atoms with Crippen LogP contribution in [0.4, 0.5) is 0 Å². The second kappa shape index (κ2) is 8.21. The van der Waals surface area contributed by atoms with Gasteiger partial charge in [-0.2, -0.15) is 0 Å². The van der Waals surface area contributed by atoms with E-state index >= 15 is 0 Å². The Bertz CT molecular complexity index is 126. The molecule has 0 fully saturated rings. The van der Waals surface area contributed by atoms with Crippen LogP contribution in [0, 0.1) is 0 Å². The van der Waals surface area contributed by atoms with Crippen LogP contribution in [0.15, 0.2) is 0 Å². The number of rotatable bonds is 9. The van der Waals surface area contributed by atoms with Gasteiger partial charge >= 0.3 is 0 Å². The third kappa shape index (κ3) is 8.48. The van der Waals surface area contributed by atoms with Crippen molar-refractivity contribution in [2.45, 2.75) is 45.6 Å². The van der Waals surface area contributed by atoms with Gasteiger partial charge in [0.2, 0.25) is 0 Å². The molecule has 0 spiro atoms. The highest BCUT2D eigenvalue weighted by Gasteiger charge is 2.17. The minimum Gasteiger partial charge on any atom is -0.389 e. The molecule has 1 unspecified atom stereocenters. The molecule has 0 radical (unpaired) electrons. The van der Waals surface area contributed by atoms with Crippen LogP contribution >= 0.6 is 0 Å². The van der Waals surface area contributed by atoms with E-state index in [-0.39, 0.29) is 0 Å². The molecule has 2 N–H and O–H groups in total. The van der Waals surface area contributed by atoms with Crippen LogP contribution in [0.5, 0.6) is 0 Å². The van der Waals surface area contributed by atoms with E-state index in [9.17, 15) is 5.11 Å². The van der Waals surface area contributed by atoms with Crippen LogP contribution in [-0.2, 0) is 4.74 Å². The van der Waals surface area contributed by atoms with Crippen LogP contribution in [-0.4, -0.2) is 37.0 Å². The summed E-state index contributed by atoms with van der Waals surface area (Å²) in [6.45, 7) is 9.15. The molecule has 0 aliphatic carbocycles. The molecule has 3 heteroatoms. The van der Waals surface area contributed by atoms with Gasteiger partial charge < -0.3 is 15.2 Å². The normalized spacial score (nSPS) is 15.4. The highest BCUT2D eigenvalue weighted by atomic mass is 16.5. The van der Waals surface area contributed by atoms with E-state index in [1.807, 2.05) is 13.8 Å². The molecule has 1 atom stereocenters. The van der Waals surface area contributed by atoms with Gasteiger partial charge in [-0.3, -0.25) is 0 Å². The summed E-state index contributed by atoms with van der Waals surface area (Å²) in [5, 5.41) is 13.1. The summed E-state index contributed by atoms with van der Waals surface area (Å²) in [4.78, 5) is 0. The van der Waals surface area contributed by atoms with Gasteiger partial charge in [-0.05, 0) is 33.2 Å². The van der Waals surface area contributed by atoms with Gasteiger partial charge in [0.25, 0.3) is 0 Å². The summed E-state index contributed by atoms with van der Waals surface area (Å²) in [6, 6.07) is 0. The lowest BCUT2D eigenvalue weighted by Crippen LogP contribution is -2.38. The molecular weight excluding hydrogens is 178 g/mol. The monoisotopic (exact) mass is 203 g/mol. The molecule has 3 nitrogen and oxygen atoms in total. The molecular formula is C11H25NO2. The zero-order chi connectivity index (χ0) is 10.9. The number of nitrogens with one attached hydrogen (secondary N) is 1. The zero-order valence-electron chi connectivity index (χ0n) is 9.81. The zero-order valence-corrected chi connectivity index (χ0v) is 9.81. The van der Waals surface area contributed by atoms with Gasteiger partial charge in [0.1, 0.15) is 0 Å². The highest BCUT2D eigenvalue weighted by Crippen LogP contribution is 2.09. The summed E-state index contributed by atoms with van der Waals surface area (Å²) < 4.78 is 5.21. The molecule has 14 heavy (non-hydrogen) atoms. The number of aliphatic hydroxyl groups is 1. The first-order chi connectivity index (χ1) is 6.62. The predicted octanol–water partition coefficient (Wildman–Crippen LogP) is 1.55. The van der Waals surface area contributed by atoms with Crippen LogP contribution in [0.25, 0.3) is 0 Å². The molecule has 0 bridgehead atoms. The van der Waals surface area contributed by atoms with Crippen molar-refractivity contribution < 1.29 is 9.84 Å². The summed E-state index contributed by atoms with van der Waals surface area (Å²) in [7, 11) is 0. The smallest absolute Gasteiger partial charge is 0.0743 e. The van der Waals surface area contributed by atoms with Crippen molar-refractivity contribution in [3.63, 3.8) is 0 Å². The van der Waals surface area contributed by atoms with Crippen LogP contribution in [0.1, 0.15) is 40.0 Å². The maximum Gasteiger partial charge on any atom is 0.0743 e. The van der Waals surface area contributed by atoms with Crippen molar-refractivity contribution in [2.75, 3.05) is 26.3 Å². The minimum absolute atomic E-state index is 0.555. The third-order valence-corrected chi connectivity index (χ3v) is 2.14. The standard InChI is InChI=1S/C11H25NO2/c1-4-7-11(3,13)10-12-8-6-9-14-5-2/h12-13H,4-10H2,1-3H3. The Labute approximate surface area is 87.8 Å². The van der Waals surface area contributed by atoms with Gasteiger partial charge in [0, 0.05) is 19.8 Å². The Morgan fingerprint density at radius 2 is 2.07 bits per heavy atom. The van der Waals surface area contributed by atoms with Crippen molar-refractivity contribution in [1.29, 1.82) is 0 Å². The maximum absolute atomic E-state index is 9.82. The molecule has 0 aromatic rings. The van der Waals surface area contributed by atoms with Crippen molar-refractivity contribution in [3.05, 3.63) is 0 Å². The first-order valence-electron chi connectivity index (χ1n) is 5.63. The summed E-state index contributed by atoms with van der Waals surface area (Å²) in [6.07, 6.45) is 2.88. The number of hydrogen-bond acceptors (Lipinski definition) is 3. The minimum atomic E-state index is -0.555. The van der Waals surface area contributed by atoms with Crippen LogP contribution in [0.2, 0.25) is 0 Å². The maximum atomic E-state index is 9.82. The third-order valence-electron chi connectivity index (χ3n) is 2.14. The molecule has 0 heterocycles. The van der Waals surface area contributed by atoms with Crippen LogP contribution < -0.4 is 5.32 Å². The fraction of sp³-hybridized carbons (Fsp3) is 1.00. The average molecular weight is 203 g/mol. The van der Waals surface area contributed by atoms with Gasteiger partial charge in [-0.1, -0.05) is 13.3 Å². The fourth-order valence-corrected chi connectivity index (χ4v) is 1.43. The van der Waals surface area contributed by atoms with Gasteiger partial charge in [0.15, 0.2) is 0 Å². The van der Waals surface area contributed by atoms with Crippen molar-refractivity contribution in [2.24, 2.45) is 0 Å². The topological polar surface area (TPSA) is 41.5 Å². The van der Waals surface area contributed by atoms with E-state index in [2.05, 4.69) is 12.2 Å². The van der Waals surface area contributed by atoms with Gasteiger partial charge in [0.05, 0.1) is 5.60 Å². The largest absolute Gasteiger partial charge is 0.389 e.